The van der Waals surface area contributed by atoms with E-state index >= 15 is 0 Å². The van der Waals surface area contributed by atoms with Gasteiger partial charge in [-0.25, -0.2) is 9.97 Å². The summed E-state index contributed by atoms with van der Waals surface area (Å²) < 4.78 is 0. The lowest BCUT2D eigenvalue weighted by Crippen LogP contribution is -1.98. The Morgan fingerprint density at radius 2 is 2.17 bits per heavy atom. The zero-order valence-corrected chi connectivity index (χ0v) is 8.66. The highest BCUT2D eigenvalue weighted by Gasteiger charge is 2.07. The third kappa shape index (κ3) is 2.47. The summed E-state index contributed by atoms with van der Waals surface area (Å²) in [6, 6.07) is 1.62. The van der Waals surface area contributed by atoms with E-state index in [9.17, 15) is 0 Å². The van der Waals surface area contributed by atoms with Gasteiger partial charge in [-0.1, -0.05) is 11.6 Å². The second kappa shape index (κ2) is 4.26. The average molecular weight is 226 g/mol. The Balaban J connectivity index is 3.06. The third-order valence-corrected chi connectivity index (χ3v) is 1.92. The van der Waals surface area contributed by atoms with Crippen molar-refractivity contribution in [1.29, 1.82) is 0 Å². The molecule has 0 aromatic carbocycles. The van der Waals surface area contributed by atoms with E-state index in [4.69, 9.17) is 34.8 Å². The van der Waals surface area contributed by atoms with E-state index in [1.165, 1.54) is 0 Å². The molecule has 0 aliphatic heterocycles. The lowest BCUT2D eigenvalue weighted by atomic mass is 10.4. The Morgan fingerprint density at radius 3 is 2.67 bits per heavy atom. The summed E-state index contributed by atoms with van der Waals surface area (Å²) in [6.07, 6.45) is 0. The van der Waals surface area contributed by atoms with Crippen LogP contribution in [0.1, 0.15) is 23.8 Å². The van der Waals surface area contributed by atoms with Crippen LogP contribution < -0.4 is 0 Å². The van der Waals surface area contributed by atoms with Crippen LogP contribution in [0.25, 0.3) is 0 Å². The summed E-state index contributed by atoms with van der Waals surface area (Å²) in [5.41, 5.74) is 0.694. The number of alkyl halides is 2. The first-order chi connectivity index (χ1) is 5.63. The normalized spacial score (nSPS) is 13.0. The molecule has 5 heteroatoms. The molecule has 0 saturated heterocycles. The lowest BCUT2D eigenvalue weighted by Gasteiger charge is -2.03. The molecule has 1 rings (SSSR count). The molecule has 1 heterocycles. The van der Waals surface area contributed by atoms with Crippen LogP contribution in [0.4, 0.5) is 0 Å². The first-order valence-electron chi connectivity index (χ1n) is 3.37. The minimum Gasteiger partial charge on any atom is -0.235 e. The molecule has 1 atom stereocenters. The van der Waals surface area contributed by atoms with Crippen LogP contribution in [-0.4, -0.2) is 9.97 Å². The van der Waals surface area contributed by atoms with Gasteiger partial charge < -0.3 is 0 Å². The monoisotopic (exact) mass is 224 g/mol. The highest BCUT2D eigenvalue weighted by Crippen LogP contribution is 2.18. The molecule has 0 saturated carbocycles. The summed E-state index contributed by atoms with van der Waals surface area (Å²) in [6.45, 7) is 1.78. The molecular weight excluding hydrogens is 218 g/mol. The summed E-state index contributed by atoms with van der Waals surface area (Å²) in [7, 11) is 0. The van der Waals surface area contributed by atoms with Gasteiger partial charge in [-0.2, -0.15) is 0 Å². The predicted molar refractivity (Wildman–Crippen MR) is 50.9 cm³/mol. The van der Waals surface area contributed by atoms with Gasteiger partial charge in [0.25, 0.3) is 0 Å². The van der Waals surface area contributed by atoms with Crippen LogP contribution in [0.3, 0.4) is 0 Å². The highest BCUT2D eigenvalue weighted by molar-refractivity contribution is 6.29. The molecule has 0 spiro atoms. The fourth-order valence-electron chi connectivity index (χ4n) is 0.730. The van der Waals surface area contributed by atoms with E-state index < -0.39 is 0 Å². The van der Waals surface area contributed by atoms with Gasteiger partial charge in [0.1, 0.15) is 11.0 Å². The Labute approximate surface area is 85.9 Å². The molecule has 0 aliphatic carbocycles. The molecule has 66 valence electrons. The summed E-state index contributed by atoms with van der Waals surface area (Å²) in [4.78, 5) is 8.04. The first kappa shape index (κ1) is 10.0. The number of halogens is 3. The van der Waals surface area contributed by atoms with Gasteiger partial charge >= 0.3 is 0 Å². The predicted octanol–water partition coefficient (Wildman–Crippen LogP) is 3.17. The van der Waals surface area contributed by atoms with Crippen LogP contribution in [-0.2, 0) is 5.88 Å². The zero-order valence-electron chi connectivity index (χ0n) is 6.39. The topological polar surface area (TPSA) is 25.8 Å². The second-order valence-corrected chi connectivity index (χ2v) is 3.60. The minimum absolute atomic E-state index is 0.245. The SMILES string of the molecule is C[C@@H](Cl)c1nc(Cl)cc(CCl)n1. The van der Waals surface area contributed by atoms with Crippen molar-refractivity contribution in [2.24, 2.45) is 0 Å². The van der Waals surface area contributed by atoms with Crippen molar-refractivity contribution >= 4 is 34.8 Å². The number of hydrogen-bond acceptors (Lipinski definition) is 2. The Hall–Kier alpha value is -0.0500. The fraction of sp³-hybridized carbons (Fsp3) is 0.429. The van der Waals surface area contributed by atoms with E-state index in [0.29, 0.717) is 22.6 Å². The van der Waals surface area contributed by atoms with Gasteiger partial charge in [-0.3, -0.25) is 0 Å². The average Bonchev–Trinajstić information content (AvgIpc) is 2.03. The molecule has 12 heavy (non-hydrogen) atoms. The van der Waals surface area contributed by atoms with Gasteiger partial charge in [-0.15, -0.1) is 23.2 Å². The van der Waals surface area contributed by atoms with Gasteiger partial charge in [0.15, 0.2) is 0 Å². The molecule has 0 unspecified atom stereocenters. The number of rotatable bonds is 2. The standard InChI is InChI=1S/C7H7Cl3N2/c1-4(9)7-11-5(3-8)2-6(10)12-7/h2,4H,3H2,1H3/t4-/m1/s1. The van der Waals surface area contributed by atoms with E-state index in [1.807, 2.05) is 0 Å². The Bertz CT molecular complexity index is 275. The van der Waals surface area contributed by atoms with Crippen molar-refractivity contribution in [3.8, 4) is 0 Å². The van der Waals surface area contributed by atoms with Gasteiger partial charge in [-0.05, 0) is 13.0 Å². The van der Waals surface area contributed by atoms with E-state index in [-0.39, 0.29) is 5.38 Å². The summed E-state index contributed by atoms with van der Waals surface area (Å²) in [5, 5.41) is 0.133. The maximum atomic E-state index is 5.78. The molecule has 1 aromatic rings. The molecule has 2 nitrogen and oxygen atoms in total. The van der Waals surface area contributed by atoms with Crippen LogP contribution >= 0.6 is 34.8 Å². The van der Waals surface area contributed by atoms with Gasteiger partial charge in [0.05, 0.1) is 17.0 Å². The highest BCUT2D eigenvalue weighted by atomic mass is 35.5. The van der Waals surface area contributed by atoms with Crippen LogP contribution in [0.15, 0.2) is 6.07 Å². The molecule has 0 radical (unpaired) electrons. The summed E-state index contributed by atoms with van der Waals surface area (Å²) >= 11 is 17.1. The van der Waals surface area contributed by atoms with E-state index in [2.05, 4.69) is 9.97 Å². The first-order valence-corrected chi connectivity index (χ1v) is 4.71. The van der Waals surface area contributed by atoms with Crippen molar-refractivity contribution in [2.75, 3.05) is 0 Å². The van der Waals surface area contributed by atoms with Crippen molar-refractivity contribution < 1.29 is 0 Å². The van der Waals surface area contributed by atoms with Crippen LogP contribution in [0.2, 0.25) is 5.15 Å². The Kier molecular flexibility index (Phi) is 3.56. The maximum Gasteiger partial charge on any atom is 0.147 e. The zero-order chi connectivity index (χ0) is 9.14. The van der Waals surface area contributed by atoms with E-state index in [0.717, 1.165) is 0 Å². The second-order valence-electron chi connectivity index (χ2n) is 2.29. The Morgan fingerprint density at radius 1 is 1.50 bits per heavy atom. The molecule has 0 aliphatic rings. The van der Waals surface area contributed by atoms with Gasteiger partial charge in [0, 0.05) is 0 Å². The quantitative estimate of drug-likeness (QED) is 0.571. The van der Waals surface area contributed by atoms with Crippen LogP contribution in [0.5, 0.6) is 0 Å². The largest absolute Gasteiger partial charge is 0.235 e. The minimum atomic E-state index is -0.245. The molecule has 0 amide bonds. The van der Waals surface area contributed by atoms with Crippen molar-refractivity contribution in [3.63, 3.8) is 0 Å². The van der Waals surface area contributed by atoms with Crippen molar-refractivity contribution in [3.05, 3.63) is 22.7 Å². The lowest BCUT2D eigenvalue weighted by molar-refractivity contribution is 0.887. The van der Waals surface area contributed by atoms with E-state index in [1.54, 1.807) is 13.0 Å². The molecule has 1 aromatic heterocycles. The fourth-order valence-corrected chi connectivity index (χ4v) is 1.18. The molecule has 0 fully saturated rings. The number of hydrogen-bond donors (Lipinski definition) is 0. The number of nitrogens with zero attached hydrogens (tertiary/aromatic N) is 2. The molecule has 0 bridgehead atoms. The van der Waals surface area contributed by atoms with Crippen LogP contribution in [0, 0.1) is 0 Å². The smallest absolute Gasteiger partial charge is 0.147 e. The summed E-state index contributed by atoms with van der Waals surface area (Å²) in [5.74, 6) is 0.832. The van der Waals surface area contributed by atoms with Gasteiger partial charge in [0.2, 0.25) is 0 Å². The number of aromatic nitrogens is 2. The maximum absolute atomic E-state index is 5.78. The molecular formula is C7H7Cl3N2. The van der Waals surface area contributed by atoms with Crippen molar-refractivity contribution in [1.82, 2.24) is 9.97 Å². The van der Waals surface area contributed by atoms with Crippen molar-refractivity contribution in [2.45, 2.75) is 18.2 Å². The third-order valence-electron chi connectivity index (χ3n) is 1.26. The molecule has 0 N–H and O–H groups in total.